The average molecular weight is 322 g/mol. The summed E-state index contributed by atoms with van der Waals surface area (Å²) in [5.74, 6) is 1.03. The van der Waals surface area contributed by atoms with Gasteiger partial charge in [0.1, 0.15) is 0 Å². The van der Waals surface area contributed by atoms with Gasteiger partial charge in [-0.15, -0.1) is 0 Å². The van der Waals surface area contributed by atoms with E-state index in [0.717, 1.165) is 19.3 Å². The Kier molecular flexibility index (Phi) is 4.94. The van der Waals surface area contributed by atoms with Gasteiger partial charge in [-0.25, -0.2) is 4.79 Å². The van der Waals surface area contributed by atoms with Crippen molar-refractivity contribution in [3.8, 4) is 0 Å². The number of halogens is 3. The molecule has 0 aromatic heterocycles. The first-order chi connectivity index (χ1) is 10.1. The highest BCUT2D eigenvalue weighted by molar-refractivity contribution is 5.74. The molecule has 2 aliphatic rings. The zero-order valence-electron chi connectivity index (χ0n) is 13.1. The summed E-state index contributed by atoms with van der Waals surface area (Å²) < 4.78 is 38.2. The van der Waals surface area contributed by atoms with Gasteiger partial charge in [0.25, 0.3) is 0 Å². The third-order valence-electron chi connectivity index (χ3n) is 5.15. The van der Waals surface area contributed by atoms with E-state index in [1.54, 1.807) is 0 Å². The van der Waals surface area contributed by atoms with Crippen molar-refractivity contribution in [1.29, 1.82) is 0 Å². The maximum absolute atomic E-state index is 12.7. The molecule has 7 heteroatoms. The number of carbonyl (C=O) groups is 1. The van der Waals surface area contributed by atoms with E-state index < -0.39 is 24.6 Å². The van der Waals surface area contributed by atoms with Crippen molar-refractivity contribution < 1.29 is 23.1 Å². The number of carbonyl (C=O) groups excluding carboxylic acids is 1. The number of hydrogen-bond donors (Lipinski definition) is 2. The van der Waals surface area contributed by atoms with Crippen LogP contribution in [0.5, 0.6) is 0 Å². The lowest BCUT2D eigenvalue weighted by molar-refractivity contribution is -0.271. The predicted molar refractivity (Wildman–Crippen MR) is 76.3 cm³/mol. The zero-order chi connectivity index (χ0) is 16.5. The second-order valence-corrected chi connectivity index (χ2v) is 6.97. The van der Waals surface area contributed by atoms with Crippen LogP contribution in [0.1, 0.15) is 46.0 Å². The van der Waals surface area contributed by atoms with Gasteiger partial charge >= 0.3 is 12.2 Å². The van der Waals surface area contributed by atoms with Crippen LogP contribution in [-0.4, -0.2) is 46.9 Å². The third-order valence-corrected chi connectivity index (χ3v) is 5.15. The van der Waals surface area contributed by atoms with E-state index in [9.17, 15) is 23.1 Å². The quantitative estimate of drug-likeness (QED) is 0.780. The molecule has 2 rings (SSSR count). The molecule has 3 unspecified atom stereocenters. The van der Waals surface area contributed by atoms with Gasteiger partial charge < -0.3 is 15.3 Å². The number of aliphatic hydroxyl groups is 1. The number of nitrogens with one attached hydrogen (secondary N) is 1. The molecule has 1 heterocycles. The van der Waals surface area contributed by atoms with E-state index in [0.29, 0.717) is 11.8 Å². The van der Waals surface area contributed by atoms with Gasteiger partial charge in [-0.05, 0) is 31.1 Å². The van der Waals surface area contributed by atoms with Gasteiger partial charge in [0, 0.05) is 32.0 Å². The molecule has 0 spiro atoms. The van der Waals surface area contributed by atoms with E-state index in [1.807, 2.05) is 0 Å². The molecule has 1 aliphatic carbocycles. The van der Waals surface area contributed by atoms with Crippen LogP contribution in [-0.2, 0) is 0 Å². The molecule has 0 bridgehead atoms. The molecule has 3 atom stereocenters. The summed E-state index contributed by atoms with van der Waals surface area (Å²) in [5, 5.41) is 12.6. The minimum atomic E-state index is -4.64. The van der Waals surface area contributed by atoms with Gasteiger partial charge in [0.15, 0.2) is 5.60 Å². The number of nitrogens with zero attached hydrogens (tertiary/aromatic N) is 1. The number of hydrogen-bond acceptors (Lipinski definition) is 2. The molecule has 2 N–H and O–H groups in total. The van der Waals surface area contributed by atoms with Crippen molar-refractivity contribution in [2.45, 2.75) is 63.8 Å². The van der Waals surface area contributed by atoms with Crippen LogP contribution in [0.25, 0.3) is 0 Å². The Hall–Kier alpha value is -0.980. The molecule has 2 fully saturated rings. The van der Waals surface area contributed by atoms with Crippen LogP contribution in [0, 0.1) is 11.8 Å². The van der Waals surface area contributed by atoms with Crippen LogP contribution in [0.15, 0.2) is 0 Å². The van der Waals surface area contributed by atoms with Crippen LogP contribution < -0.4 is 5.32 Å². The smallest absolute Gasteiger partial charge is 0.380 e. The molecule has 4 nitrogen and oxygen atoms in total. The fraction of sp³-hybridized carbons (Fsp3) is 0.933. The lowest BCUT2D eigenvalue weighted by Crippen LogP contribution is -2.57. The number of alkyl halides is 3. The van der Waals surface area contributed by atoms with E-state index in [-0.39, 0.29) is 25.2 Å². The zero-order valence-corrected chi connectivity index (χ0v) is 13.1. The van der Waals surface area contributed by atoms with Gasteiger partial charge in [0.05, 0.1) is 0 Å². The van der Waals surface area contributed by atoms with Crippen molar-refractivity contribution >= 4 is 6.03 Å². The first kappa shape index (κ1) is 17.4. The number of rotatable bonds is 1. The second kappa shape index (κ2) is 6.26. The van der Waals surface area contributed by atoms with Crippen LogP contribution >= 0.6 is 0 Å². The molecule has 22 heavy (non-hydrogen) atoms. The predicted octanol–water partition coefficient (Wildman–Crippen LogP) is 2.91. The van der Waals surface area contributed by atoms with Crippen molar-refractivity contribution in [1.82, 2.24) is 10.2 Å². The monoisotopic (exact) mass is 322 g/mol. The maximum Gasteiger partial charge on any atom is 0.417 e. The summed E-state index contributed by atoms with van der Waals surface area (Å²) in [6.07, 6.45) is -2.53. The van der Waals surface area contributed by atoms with E-state index in [2.05, 4.69) is 19.2 Å². The molecule has 0 radical (unpaired) electrons. The van der Waals surface area contributed by atoms with Crippen molar-refractivity contribution in [3.05, 3.63) is 0 Å². The van der Waals surface area contributed by atoms with E-state index >= 15 is 0 Å². The second-order valence-electron chi connectivity index (χ2n) is 6.97. The fourth-order valence-corrected chi connectivity index (χ4v) is 3.49. The summed E-state index contributed by atoms with van der Waals surface area (Å²) in [6.45, 7) is 4.15. The molecule has 0 aromatic rings. The van der Waals surface area contributed by atoms with Crippen molar-refractivity contribution in [2.24, 2.45) is 11.8 Å². The number of urea groups is 1. The molecule has 128 valence electrons. The van der Waals surface area contributed by atoms with Gasteiger partial charge in [0.2, 0.25) is 0 Å². The Balaban J connectivity index is 1.85. The fourth-order valence-electron chi connectivity index (χ4n) is 3.49. The minimum Gasteiger partial charge on any atom is -0.380 e. The molecule has 0 aromatic carbocycles. The third kappa shape index (κ3) is 3.67. The first-order valence-corrected chi connectivity index (χ1v) is 7.97. The Morgan fingerprint density at radius 1 is 1.23 bits per heavy atom. The van der Waals surface area contributed by atoms with Crippen LogP contribution in [0.3, 0.4) is 0 Å². The van der Waals surface area contributed by atoms with Gasteiger partial charge in [-0.3, -0.25) is 0 Å². The maximum atomic E-state index is 12.7. The molecule has 2 amide bonds. The SMILES string of the molecule is CC1CCC(NC(=O)N2CCC(O)(C(F)(F)F)CC2)C(C)C1. The Bertz CT molecular complexity index is 406. The van der Waals surface area contributed by atoms with Crippen LogP contribution in [0.4, 0.5) is 18.0 Å². The summed E-state index contributed by atoms with van der Waals surface area (Å²) in [4.78, 5) is 13.6. The molecular weight excluding hydrogens is 297 g/mol. The van der Waals surface area contributed by atoms with E-state index in [4.69, 9.17) is 0 Å². The normalized spacial score (nSPS) is 32.6. The Morgan fingerprint density at radius 2 is 1.82 bits per heavy atom. The average Bonchev–Trinajstić information content (AvgIpc) is 2.41. The molecule has 1 aliphatic heterocycles. The van der Waals surface area contributed by atoms with Crippen molar-refractivity contribution in [3.63, 3.8) is 0 Å². The minimum absolute atomic E-state index is 0.0701. The summed E-state index contributed by atoms with van der Waals surface area (Å²) in [7, 11) is 0. The molecule has 1 saturated heterocycles. The highest BCUT2D eigenvalue weighted by Crippen LogP contribution is 2.38. The lowest BCUT2D eigenvalue weighted by atomic mass is 9.80. The Labute approximate surface area is 129 Å². The van der Waals surface area contributed by atoms with Crippen molar-refractivity contribution in [2.75, 3.05) is 13.1 Å². The highest BCUT2D eigenvalue weighted by Gasteiger charge is 2.55. The number of amides is 2. The number of piperidine rings is 1. The number of likely N-dealkylation sites (tertiary alicyclic amines) is 1. The Morgan fingerprint density at radius 3 is 2.32 bits per heavy atom. The standard InChI is InChI=1S/C15H25F3N2O2/c1-10-3-4-12(11(2)9-10)19-13(21)20-7-5-14(22,6-8-20)15(16,17)18/h10-12,22H,3-9H2,1-2H3,(H,19,21). The summed E-state index contributed by atoms with van der Waals surface area (Å²) in [5.41, 5.74) is -2.66. The summed E-state index contributed by atoms with van der Waals surface area (Å²) >= 11 is 0. The highest BCUT2D eigenvalue weighted by atomic mass is 19.4. The topological polar surface area (TPSA) is 52.6 Å². The summed E-state index contributed by atoms with van der Waals surface area (Å²) in [6, 6.07) is -0.220. The van der Waals surface area contributed by atoms with Gasteiger partial charge in [-0.1, -0.05) is 13.8 Å². The van der Waals surface area contributed by atoms with Gasteiger partial charge in [-0.2, -0.15) is 13.2 Å². The first-order valence-electron chi connectivity index (χ1n) is 7.97. The van der Waals surface area contributed by atoms with E-state index in [1.165, 1.54) is 4.90 Å². The molecule has 1 saturated carbocycles. The lowest BCUT2D eigenvalue weighted by Gasteiger charge is -2.40. The largest absolute Gasteiger partial charge is 0.417 e. The molecular formula is C15H25F3N2O2. The van der Waals surface area contributed by atoms with Crippen LogP contribution in [0.2, 0.25) is 0 Å².